The van der Waals surface area contributed by atoms with E-state index < -0.39 is 21.2 Å². The molecule has 1 aliphatic carbocycles. The summed E-state index contributed by atoms with van der Waals surface area (Å²) in [6.45, 7) is 10.4. The number of piperazine rings is 1. The second-order valence-electron chi connectivity index (χ2n) is 17.2. The van der Waals surface area contributed by atoms with Crippen molar-refractivity contribution < 1.29 is 27.5 Å². The molecule has 0 bridgehead atoms. The fourth-order valence-corrected chi connectivity index (χ4v) is 10.2. The van der Waals surface area contributed by atoms with Gasteiger partial charge in [0.2, 0.25) is 15.9 Å². The smallest absolute Gasteiger partial charge is 0.257 e. The summed E-state index contributed by atoms with van der Waals surface area (Å²) < 4.78 is 43.6. The van der Waals surface area contributed by atoms with Gasteiger partial charge in [-0.15, -0.1) is 0 Å². The third-order valence-electron chi connectivity index (χ3n) is 13.1. The maximum Gasteiger partial charge on any atom is 0.257 e. The number of fused-ring (bicyclic) bond motifs is 5. The van der Waals surface area contributed by atoms with Crippen molar-refractivity contribution in [1.82, 2.24) is 28.9 Å². The van der Waals surface area contributed by atoms with Crippen LogP contribution < -0.4 is 9.46 Å². The minimum Gasteiger partial charge on any atom is -0.497 e. The highest BCUT2D eigenvalue weighted by molar-refractivity contribution is 7.90. The van der Waals surface area contributed by atoms with Crippen LogP contribution in [0.4, 0.5) is 0 Å². The van der Waals surface area contributed by atoms with Gasteiger partial charge in [-0.25, -0.2) is 8.42 Å². The molecule has 4 aliphatic rings. The second kappa shape index (κ2) is 16.3. The van der Waals surface area contributed by atoms with Crippen LogP contribution in [0.2, 0.25) is 0 Å². The number of carbonyl (C=O) groups is 2. The number of hydrogen-bond acceptors (Lipinski definition) is 8. The van der Waals surface area contributed by atoms with E-state index in [0.717, 1.165) is 88.8 Å². The quantitative estimate of drug-likeness (QED) is 0.191. The first-order valence-corrected chi connectivity index (χ1v) is 22.6. The summed E-state index contributed by atoms with van der Waals surface area (Å²) in [5.41, 5.74) is 8.64. The topological polar surface area (TPSA) is 128 Å². The molecule has 0 unspecified atom stereocenters. The molecule has 5 heterocycles. The van der Waals surface area contributed by atoms with E-state index in [1.54, 1.807) is 27.2 Å². The van der Waals surface area contributed by atoms with Gasteiger partial charge in [-0.2, -0.15) is 5.10 Å². The fourth-order valence-electron chi connectivity index (χ4n) is 9.62. The van der Waals surface area contributed by atoms with Crippen LogP contribution in [-0.4, -0.2) is 102 Å². The summed E-state index contributed by atoms with van der Waals surface area (Å²) in [5.74, 6) is 0.524. The zero-order chi connectivity index (χ0) is 40.9. The molecule has 2 aromatic heterocycles. The average Bonchev–Trinajstić information content (AvgIpc) is 3.74. The van der Waals surface area contributed by atoms with Crippen molar-refractivity contribution in [2.24, 2.45) is 0 Å². The number of nitrogens with zero attached hydrogens (tertiary/aromatic N) is 5. The van der Waals surface area contributed by atoms with Crippen LogP contribution in [0.5, 0.6) is 5.75 Å². The lowest BCUT2D eigenvalue weighted by Gasteiger charge is -2.42. The molecule has 2 aromatic carbocycles. The summed E-state index contributed by atoms with van der Waals surface area (Å²) in [5, 5.41) is 5.44. The Morgan fingerprint density at radius 1 is 0.966 bits per heavy atom. The molecule has 3 fully saturated rings. The minimum atomic E-state index is -3.78. The molecule has 1 saturated carbocycles. The summed E-state index contributed by atoms with van der Waals surface area (Å²) in [6, 6.07) is 12.9. The number of hydrogen-bond donors (Lipinski definition) is 1. The van der Waals surface area contributed by atoms with E-state index in [9.17, 15) is 18.0 Å². The first-order valence-electron chi connectivity index (χ1n) is 21.1. The van der Waals surface area contributed by atoms with E-state index in [4.69, 9.17) is 14.6 Å². The van der Waals surface area contributed by atoms with Gasteiger partial charge in [0.15, 0.2) is 0 Å². The molecule has 4 aromatic rings. The molecule has 13 heteroatoms. The maximum absolute atomic E-state index is 14.8. The van der Waals surface area contributed by atoms with Gasteiger partial charge in [-0.3, -0.25) is 23.9 Å². The first-order chi connectivity index (χ1) is 27.8. The molecule has 310 valence electrons. The number of rotatable bonds is 9. The van der Waals surface area contributed by atoms with Crippen molar-refractivity contribution >= 4 is 44.4 Å². The maximum atomic E-state index is 14.8. The van der Waals surface area contributed by atoms with E-state index in [2.05, 4.69) is 70.1 Å². The number of ether oxygens (including phenoxy) is 2. The van der Waals surface area contributed by atoms with E-state index in [-0.39, 0.29) is 30.5 Å². The second-order valence-corrected chi connectivity index (χ2v) is 19.5. The fraction of sp³-hybridized carbons (Fsp3) is 0.533. The van der Waals surface area contributed by atoms with E-state index in [1.165, 1.54) is 12.0 Å². The average molecular weight is 811 g/mol. The van der Waals surface area contributed by atoms with Crippen molar-refractivity contribution in [3.05, 3.63) is 70.5 Å². The number of aromatic nitrogens is 3. The van der Waals surface area contributed by atoms with Crippen molar-refractivity contribution in [3.63, 3.8) is 0 Å². The highest BCUT2D eigenvalue weighted by atomic mass is 32.2. The van der Waals surface area contributed by atoms with Gasteiger partial charge in [-0.05, 0) is 119 Å². The molecule has 8 rings (SSSR count). The number of methoxy groups -OCH3 is 1. The van der Waals surface area contributed by atoms with Crippen LogP contribution in [0.1, 0.15) is 117 Å². The summed E-state index contributed by atoms with van der Waals surface area (Å²) >= 11 is 0. The van der Waals surface area contributed by atoms with Crippen molar-refractivity contribution in [1.29, 1.82) is 0 Å². The van der Waals surface area contributed by atoms with Gasteiger partial charge in [0, 0.05) is 54.9 Å². The van der Waals surface area contributed by atoms with Gasteiger partial charge >= 0.3 is 0 Å². The molecule has 0 radical (unpaired) electrons. The number of sulfonamides is 1. The Morgan fingerprint density at radius 2 is 1.69 bits per heavy atom. The zero-order valence-corrected chi connectivity index (χ0v) is 35.6. The van der Waals surface area contributed by atoms with Crippen molar-refractivity contribution in [2.45, 2.75) is 115 Å². The van der Waals surface area contributed by atoms with E-state index in [0.29, 0.717) is 44.3 Å². The summed E-state index contributed by atoms with van der Waals surface area (Å²) in [7, 11) is 0.0368. The highest BCUT2D eigenvalue weighted by Crippen LogP contribution is 2.48. The molecule has 2 saturated heterocycles. The minimum absolute atomic E-state index is 0.0127. The SMILES string of the molecule is COc1ccc2c(c1)C=C(c1c(C(=O)N3C[C@@H](C)N(C)[C@@H](C)C3)cnn1C1CCOCC1)Cn1c-2c(C2CCCCC2)c2ccc(CC(=O)NS(=O)(=O)C(C)C)cc21. The summed E-state index contributed by atoms with van der Waals surface area (Å²) in [4.78, 5) is 32.4. The molecule has 58 heavy (non-hydrogen) atoms. The van der Waals surface area contributed by atoms with Crippen molar-refractivity contribution in [3.8, 4) is 17.0 Å². The lowest BCUT2D eigenvalue weighted by molar-refractivity contribution is -0.118. The number of allylic oxidation sites excluding steroid dienone is 1. The predicted molar refractivity (Wildman–Crippen MR) is 227 cm³/mol. The summed E-state index contributed by atoms with van der Waals surface area (Å²) in [6.07, 6.45) is 11.3. The first kappa shape index (κ1) is 40.3. The third kappa shape index (κ3) is 7.61. The molecule has 12 nitrogen and oxygen atoms in total. The van der Waals surface area contributed by atoms with Crippen LogP contribution >= 0.6 is 0 Å². The van der Waals surface area contributed by atoms with Gasteiger partial charge in [0.05, 0.1) is 54.5 Å². The Kier molecular flexibility index (Phi) is 11.3. The largest absolute Gasteiger partial charge is 0.497 e. The standard InChI is InChI=1S/C45H58N6O6S/c1-28(2)58(54,55)47-41(52)21-31-12-14-38-40(20-31)50-27-34(22-33-23-36(56-6)13-15-37(33)44(50)42(38)32-10-8-7-9-11-32)43-39(24-46-51(43)35-16-18-57-19-17-35)45(53)49-25-29(3)48(5)30(4)26-49/h12-15,20,22-24,28-30,32,35H,7-11,16-19,21,25-27H2,1-6H3,(H,47,52)/t29-,30+. The Labute approximate surface area is 342 Å². The number of benzene rings is 2. The predicted octanol–water partition coefficient (Wildman–Crippen LogP) is 7.03. The number of likely N-dealkylation sites (N-methyl/N-ethyl adjacent to an activating group) is 1. The number of amides is 2. The zero-order valence-electron chi connectivity index (χ0n) is 34.8. The van der Waals surface area contributed by atoms with Gasteiger partial charge in [0.1, 0.15) is 5.75 Å². The number of carbonyl (C=O) groups excluding carboxylic acids is 2. The molecule has 0 spiro atoms. The molecular weight excluding hydrogens is 753 g/mol. The van der Waals surface area contributed by atoms with Crippen LogP contribution in [0.3, 0.4) is 0 Å². The van der Waals surface area contributed by atoms with E-state index >= 15 is 0 Å². The Morgan fingerprint density at radius 3 is 2.38 bits per heavy atom. The van der Waals surface area contributed by atoms with E-state index in [1.807, 2.05) is 17.0 Å². The molecule has 3 aliphatic heterocycles. The van der Waals surface area contributed by atoms with Gasteiger partial charge in [-0.1, -0.05) is 31.4 Å². The highest BCUT2D eigenvalue weighted by Gasteiger charge is 2.36. The van der Waals surface area contributed by atoms with Crippen LogP contribution in [0, 0.1) is 0 Å². The molecule has 1 N–H and O–H groups in total. The van der Waals surface area contributed by atoms with Gasteiger partial charge < -0.3 is 18.9 Å². The lowest BCUT2D eigenvalue weighted by atomic mass is 9.81. The normalized spacial score (nSPS) is 21.1. The molecule has 2 amide bonds. The lowest BCUT2D eigenvalue weighted by Crippen LogP contribution is -2.56. The van der Waals surface area contributed by atoms with Crippen LogP contribution in [-0.2, 0) is 32.5 Å². The number of nitrogens with one attached hydrogen (secondary N) is 1. The Hall–Kier alpha value is -4.46. The third-order valence-corrected chi connectivity index (χ3v) is 14.9. The van der Waals surface area contributed by atoms with Crippen LogP contribution in [0.15, 0.2) is 42.6 Å². The molecular formula is C45H58N6O6S. The monoisotopic (exact) mass is 810 g/mol. The van der Waals surface area contributed by atoms with Crippen LogP contribution in [0.25, 0.3) is 33.8 Å². The Bertz CT molecular complexity index is 2340. The Balaban J connectivity index is 1.32. The van der Waals surface area contributed by atoms with Gasteiger partial charge in [0.25, 0.3) is 5.91 Å². The molecule has 2 atom stereocenters. The van der Waals surface area contributed by atoms with Crippen molar-refractivity contribution in [2.75, 3.05) is 40.5 Å².